The van der Waals surface area contributed by atoms with Crippen LogP contribution in [0.4, 0.5) is 5.69 Å². The normalized spacial score (nSPS) is 14.0. The smallest absolute Gasteiger partial charge is 0.293 e. The van der Waals surface area contributed by atoms with Crippen LogP contribution < -0.4 is 10.6 Å². The van der Waals surface area contributed by atoms with Gasteiger partial charge in [-0.05, 0) is 73.9 Å². The van der Waals surface area contributed by atoms with Crippen molar-refractivity contribution in [2.24, 2.45) is 0 Å². The van der Waals surface area contributed by atoms with E-state index in [1.54, 1.807) is 54.6 Å². The Balaban J connectivity index is 1.40. The number of carbonyl (C=O) groups is 2. The van der Waals surface area contributed by atoms with Crippen molar-refractivity contribution < 1.29 is 14.0 Å². The zero-order valence-corrected chi connectivity index (χ0v) is 20.6. The van der Waals surface area contributed by atoms with Gasteiger partial charge in [-0.25, -0.2) is 0 Å². The lowest BCUT2D eigenvalue weighted by Crippen LogP contribution is -2.47. The number of hydrogen-bond donors (Lipinski definition) is 2. The van der Waals surface area contributed by atoms with E-state index >= 15 is 0 Å². The minimum Gasteiger partial charge on any atom is -0.451 e. The Morgan fingerprint density at radius 2 is 1.68 bits per heavy atom. The van der Waals surface area contributed by atoms with Gasteiger partial charge in [-0.1, -0.05) is 23.2 Å². The van der Waals surface area contributed by atoms with Gasteiger partial charge in [0.05, 0.1) is 10.7 Å². The van der Waals surface area contributed by atoms with Crippen LogP contribution in [0.25, 0.3) is 11.3 Å². The number of rotatable bonds is 4. The molecule has 2 amide bonds. The molecule has 1 aliphatic rings. The number of likely N-dealkylation sites (N-methyl/N-ethyl adjacent to an activating group) is 1. The fourth-order valence-corrected chi connectivity index (χ4v) is 3.99. The van der Waals surface area contributed by atoms with Crippen molar-refractivity contribution in [3.8, 4) is 11.3 Å². The van der Waals surface area contributed by atoms with Crippen molar-refractivity contribution >= 4 is 58.0 Å². The SMILES string of the molecule is CN1CCN(C(=O)c2ccc(Cl)c(NC(=S)NC(=O)c3ccc(-c4ccc(Cl)cc4)o3)c2)CC1. The Labute approximate surface area is 212 Å². The zero-order valence-electron chi connectivity index (χ0n) is 18.3. The molecule has 1 fully saturated rings. The van der Waals surface area contributed by atoms with E-state index < -0.39 is 5.91 Å². The van der Waals surface area contributed by atoms with Crippen molar-refractivity contribution in [1.29, 1.82) is 0 Å². The molecule has 0 bridgehead atoms. The number of benzene rings is 2. The third kappa shape index (κ3) is 5.77. The summed E-state index contributed by atoms with van der Waals surface area (Å²) < 4.78 is 5.65. The average molecular weight is 517 g/mol. The molecule has 34 heavy (non-hydrogen) atoms. The maximum atomic E-state index is 12.9. The lowest BCUT2D eigenvalue weighted by atomic mass is 10.1. The monoisotopic (exact) mass is 516 g/mol. The zero-order chi connectivity index (χ0) is 24.2. The Hall–Kier alpha value is -2.91. The number of thiocarbonyl (C=S) groups is 1. The topological polar surface area (TPSA) is 77.8 Å². The highest BCUT2D eigenvalue weighted by atomic mass is 35.5. The molecule has 0 aliphatic carbocycles. The van der Waals surface area contributed by atoms with Crippen LogP contribution in [-0.2, 0) is 0 Å². The highest BCUT2D eigenvalue weighted by molar-refractivity contribution is 7.80. The standard InChI is InChI=1S/C24H22Cl2N4O3S/c1-29-10-12-30(13-11-29)23(32)16-4-7-18(26)19(14-16)27-24(34)28-22(31)21-9-8-20(33-21)15-2-5-17(25)6-3-15/h2-9,14H,10-13H2,1H3,(H2,27,28,31,34). The van der Waals surface area contributed by atoms with E-state index in [-0.39, 0.29) is 16.8 Å². The number of halogens is 2. The number of furan rings is 1. The fraction of sp³-hybridized carbons (Fsp3) is 0.208. The van der Waals surface area contributed by atoms with Gasteiger partial charge in [-0.15, -0.1) is 0 Å². The number of nitrogens with zero attached hydrogens (tertiary/aromatic N) is 2. The van der Waals surface area contributed by atoms with Gasteiger partial charge in [0.25, 0.3) is 11.8 Å². The molecule has 1 saturated heterocycles. The molecule has 4 rings (SSSR count). The summed E-state index contributed by atoms with van der Waals surface area (Å²) in [5.74, 6) is 0.0321. The quantitative estimate of drug-likeness (QED) is 0.486. The molecule has 2 N–H and O–H groups in total. The van der Waals surface area contributed by atoms with Crippen LogP contribution >= 0.6 is 35.4 Å². The second-order valence-electron chi connectivity index (χ2n) is 7.87. The molecule has 7 nitrogen and oxygen atoms in total. The van der Waals surface area contributed by atoms with Crippen molar-refractivity contribution in [2.75, 3.05) is 38.5 Å². The number of anilines is 1. The van der Waals surface area contributed by atoms with Crippen molar-refractivity contribution in [1.82, 2.24) is 15.1 Å². The molecule has 3 aromatic rings. The van der Waals surface area contributed by atoms with Gasteiger partial charge in [0.15, 0.2) is 10.9 Å². The van der Waals surface area contributed by atoms with E-state index in [9.17, 15) is 9.59 Å². The van der Waals surface area contributed by atoms with Gasteiger partial charge in [0, 0.05) is 42.3 Å². The van der Waals surface area contributed by atoms with E-state index in [0.29, 0.717) is 40.1 Å². The van der Waals surface area contributed by atoms with Gasteiger partial charge in [-0.3, -0.25) is 14.9 Å². The molecule has 1 aliphatic heterocycles. The largest absolute Gasteiger partial charge is 0.451 e. The molecular formula is C24H22Cl2N4O3S. The number of nitrogens with one attached hydrogen (secondary N) is 2. The molecule has 2 heterocycles. The highest BCUT2D eigenvalue weighted by Gasteiger charge is 2.21. The summed E-state index contributed by atoms with van der Waals surface area (Å²) >= 11 is 17.5. The predicted molar refractivity (Wildman–Crippen MR) is 138 cm³/mol. The van der Waals surface area contributed by atoms with Crippen LogP contribution in [0.2, 0.25) is 10.0 Å². The molecule has 0 atom stereocenters. The summed E-state index contributed by atoms with van der Waals surface area (Å²) in [5.41, 5.74) is 1.70. The summed E-state index contributed by atoms with van der Waals surface area (Å²) in [6.07, 6.45) is 0. The summed E-state index contributed by atoms with van der Waals surface area (Å²) in [6, 6.07) is 15.3. The Morgan fingerprint density at radius 1 is 0.971 bits per heavy atom. The number of amides is 2. The third-order valence-corrected chi connectivity index (χ3v) is 6.22. The van der Waals surface area contributed by atoms with Gasteiger partial charge in [-0.2, -0.15) is 0 Å². The minimum absolute atomic E-state index is 0.0283. The van der Waals surface area contributed by atoms with Gasteiger partial charge >= 0.3 is 0 Å². The molecule has 0 saturated carbocycles. The fourth-order valence-electron chi connectivity index (χ4n) is 3.49. The van der Waals surface area contributed by atoms with Crippen LogP contribution in [0, 0.1) is 0 Å². The minimum atomic E-state index is -0.515. The van der Waals surface area contributed by atoms with Crippen LogP contribution in [-0.4, -0.2) is 60.0 Å². The Kier molecular flexibility index (Phi) is 7.53. The number of hydrogen-bond acceptors (Lipinski definition) is 5. The second-order valence-corrected chi connectivity index (χ2v) is 9.12. The lowest BCUT2D eigenvalue weighted by molar-refractivity contribution is 0.0664. The van der Waals surface area contributed by atoms with Crippen LogP contribution in [0.5, 0.6) is 0 Å². The summed E-state index contributed by atoms with van der Waals surface area (Å²) in [7, 11) is 2.03. The summed E-state index contributed by atoms with van der Waals surface area (Å²) in [5, 5.41) is 6.47. The van der Waals surface area contributed by atoms with Gasteiger partial charge < -0.3 is 19.5 Å². The van der Waals surface area contributed by atoms with Crippen LogP contribution in [0.15, 0.2) is 59.0 Å². The van der Waals surface area contributed by atoms with Gasteiger partial charge in [0.1, 0.15) is 5.76 Å². The van der Waals surface area contributed by atoms with E-state index in [1.165, 1.54) is 0 Å². The van der Waals surface area contributed by atoms with Crippen LogP contribution in [0.3, 0.4) is 0 Å². The highest BCUT2D eigenvalue weighted by Crippen LogP contribution is 2.25. The average Bonchev–Trinajstić information content (AvgIpc) is 3.31. The van der Waals surface area contributed by atoms with Crippen LogP contribution in [0.1, 0.15) is 20.9 Å². The molecule has 176 valence electrons. The Morgan fingerprint density at radius 3 is 2.38 bits per heavy atom. The number of piperazine rings is 1. The predicted octanol–water partition coefficient (Wildman–Crippen LogP) is 4.77. The lowest BCUT2D eigenvalue weighted by Gasteiger charge is -2.32. The molecule has 0 radical (unpaired) electrons. The first-order chi connectivity index (χ1) is 16.3. The summed E-state index contributed by atoms with van der Waals surface area (Å²) in [4.78, 5) is 29.4. The van der Waals surface area contributed by atoms with E-state index in [0.717, 1.165) is 18.7 Å². The molecule has 0 unspecified atom stereocenters. The van der Waals surface area contributed by atoms with Crippen molar-refractivity contribution in [3.63, 3.8) is 0 Å². The first-order valence-electron chi connectivity index (χ1n) is 10.6. The first-order valence-corrected chi connectivity index (χ1v) is 11.7. The number of carbonyl (C=O) groups excluding carboxylic acids is 2. The first kappa shape index (κ1) is 24.2. The maximum Gasteiger partial charge on any atom is 0.293 e. The van der Waals surface area contributed by atoms with E-state index in [2.05, 4.69) is 15.5 Å². The molecule has 1 aromatic heterocycles. The molecule has 2 aromatic carbocycles. The third-order valence-electron chi connectivity index (χ3n) is 5.44. The molecule has 0 spiro atoms. The van der Waals surface area contributed by atoms with Crippen molar-refractivity contribution in [2.45, 2.75) is 0 Å². The van der Waals surface area contributed by atoms with Gasteiger partial charge in [0.2, 0.25) is 0 Å². The van der Waals surface area contributed by atoms with E-state index in [4.69, 9.17) is 39.8 Å². The van der Waals surface area contributed by atoms with Crippen molar-refractivity contribution in [3.05, 3.63) is 76.0 Å². The van der Waals surface area contributed by atoms with E-state index in [1.807, 2.05) is 11.9 Å². The maximum absolute atomic E-state index is 12.9. The second kappa shape index (κ2) is 10.6. The summed E-state index contributed by atoms with van der Waals surface area (Å²) in [6.45, 7) is 2.98. The molecule has 10 heteroatoms. The molecular weight excluding hydrogens is 495 g/mol. The Bertz CT molecular complexity index is 1220.